The highest BCUT2D eigenvalue weighted by atomic mass is 16.4. The minimum atomic E-state index is -0.456. The summed E-state index contributed by atoms with van der Waals surface area (Å²) in [5.41, 5.74) is 1.38. The molecule has 5 nitrogen and oxygen atoms in total. The number of carbonyl (C=O) groups is 3. The summed E-state index contributed by atoms with van der Waals surface area (Å²) in [6.07, 6.45) is 1.59. The molecule has 0 N–H and O–H groups in total. The van der Waals surface area contributed by atoms with Gasteiger partial charge in [-0.25, -0.2) is 0 Å². The summed E-state index contributed by atoms with van der Waals surface area (Å²) in [6.45, 7) is 5.28. The van der Waals surface area contributed by atoms with Crippen molar-refractivity contribution in [2.75, 3.05) is 0 Å². The Bertz CT molecular complexity index is 799. The van der Waals surface area contributed by atoms with Crippen molar-refractivity contribution in [1.82, 2.24) is 4.98 Å². The first-order chi connectivity index (χ1) is 9.90. The molecule has 1 aliphatic carbocycles. The maximum atomic E-state index is 12.5. The first-order valence-corrected chi connectivity index (χ1v) is 6.64. The van der Waals surface area contributed by atoms with Crippen LogP contribution in [0.5, 0.6) is 0 Å². The SMILES string of the molecule is CC(=O)c1cc2c(o1)C(=O)c1ncc(C(C)C)cc1C2=O. The van der Waals surface area contributed by atoms with Crippen LogP contribution >= 0.6 is 0 Å². The topological polar surface area (TPSA) is 77.2 Å². The van der Waals surface area contributed by atoms with Crippen molar-refractivity contribution in [3.8, 4) is 0 Å². The van der Waals surface area contributed by atoms with Crippen LogP contribution in [0.2, 0.25) is 0 Å². The molecule has 2 aromatic heterocycles. The molecule has 0 fully saturated rings. The van der Waals surface area contributed by atoms with E-state index < -0.39 is 5.78 Å². The number of fused-ring (bicyclic) bond motifs is 2. The van der Waals surface area contributed by atoms with E-state index in [1.54, 1.807) is 12.3 Å². The zero-order valence-corrected chi connectivity index (χ0v) is 11.9. The summed E-state index contributed by atoms with van der Waals surface area (Å²) in [6, 6.07) is 3.03. The first kappa shape index (κ1) is 13.4. The van der Waals surface area contributed by atoms with E-state index in [0.29, 0.717) is 0 Å². The van der Waals surface area contributed by atoms with Crippen LogP contribution in [0.1, 0.15) is 75.0 Å². The summed E-state index contributed by atoms with van der Waals surface area (Å²) in [4.78, 5) is 40.3. The minimum Gasteiger partial charge on any atom is -0.449 e. The van der Waals surface area contributed by atoms with E-state index in [1.807, 2.05) is 13.8 Å². The van der Waals surface area contributed by atoms with Gasteiger partial charge < -0.3 is 4.42 Å². The molecular weight excluding hydrogens is 270 g/mol. The highest BCUT2D eigenvalue weighted by Gasteiger charge is 2.35. The molecule has 5 heteroatoms. The van der Waals surface area contributed by atoms with Crippen LogP contribution in [0.15, 0.2) is 22.7 Å². The zero-order chi connectivity index (χ0) is 15.3. The lowest BCUT2D eigenvalue weighted by atomic mass is 9.90. The summed E-state index contributed by atoms with van der Waals surface area (Å²) < 4.78 is 5.22. The van der Waals surface area contributed by atoms with Crippen molar-refractivity contribution in [2.24, 2.45) is 0 Å². The molecular formula is C16H13NO4. The van der Waals surface area contributed by atoms with Crippen LogP contribution in [-0.2, 0) is 0 Å². The summed E-state index contributed by atoms with van der Waals surface area (Å²) in [5.74, 6) is -0.997. The molecule has 0 spiro atoms. The molecule has 0 amide bonds. The van der Waals surface area contributed by atoms with E-state index >= 15 is 0 Å². The van der Waals surface area contributed by atoms with E-state index in [1.165, 1.54) is 13.0 Å². The number of pyridine rings is 1. The molecule has 0 radical (unpaired) electrons. The standard InChI is InChI=1S/C16H13NO4/c1-7(2)9-4-10-13(17-6-9)15(20)16-11(14(10)19)5-12(21-16)8(3)18/h4-7H,1-3H3. The molecule has 0 saturated heterocycles. The average molecular weight is 283 g/mol. The molecule has 0 bridgehead atoms. The van der Waals surface area contributed by atoms with Crippen LogP contribution in [0.4, 0.5) is 0 Å². The largest absolute Gasteiger partial charge is 0.449 e. The van der Waals surface area contributed by atoms with Gasteiger partial charge in [0.2, 0.25) is 5.78 Å². The van der Waals surface area contributed by atoms with Crippen molar-refractivity contribution >= 4 is 17.3 Å². The predicted molar refractivity (Wildman–Crippen MR) is 73.9 cm³/mol. The monoisotopic (exact) mass is 283 g/mol. The van der Waals surface area contributed by atoms with Gasteiger partial charge in [0, 0.05) is 13.1 Å². The molecule has 2 heterocycles. The second kappa shape index (κ2) is 4.48. The Kier molecular flexibility index (Phi) is 2.86. The van der Waals surface area contributed by atoms with Crippen LogP contribution < -0.4 is 0 Å². The van der Waals surface area contributed by atoms with Crippen molar-refractivity contribution in [1.29, 1.82) is 0 Å². The normalized spacial score (nSPS) is 13.3. The summed E-state index contributed by atoms with van der Waals surface area (Å²) >= 11 is 0. The molecule has 106 valence electrons. The van der Waals surface area contributed by atoms with Gasteiger partial charge in [0.05, 0.1) is 11.1 Å². The third kappa shape index (κ3) is 1.93. The van der Waals surface area contributed by atoms with E-state index in [0.717, 1.165) is 5.56 Å². The van der Waals surface area contributed by atoms with Gasteiger partial charge in [0.25, 0.3) is 0 Å². The van der Waals surface area contributed by atoms with Gasteiger partial charge in [-0.15, -0.1) is 0 Å². The summed E-state index contributed by atoms with van der Waals surface area (Å²) in [7, 11) is 0. The Hall–Kier alpha value is -2.56. The first-order valence-electron chi connectivity index (χ1n) is 6.64. The molecule has 1 aliphatic rings. The molecule has 0 saturated carbocycles. The quantitative estimate of drug-likeness (QED) is 0.676. The van der Waals surface area contributed by atoms with Crippen molar-refractivity contribution < 1.29 is 18.8 Å². The minimum absolute atomic E-state index is 0.0126. The fourth-order valence-corrected chi connectivity index (χ4v) is 2.31. The number of nitrogens with zero attached hydrogens (tertiary/aromatic N) is 1. The van der Waals surface area contributed by atoms with E-state index in [2.05, 4.69) is 4.98 Å². The van der Waals surface area contributed by atoms with Crippen molar-refractivity contribution in [3.63, 3.8) is 0 Å². The van der Waals surface area contributed by atoms with Crippen molar-refractivity contribution in [2.45, 2.75) is 26.7 Å². The van der Waals surface area contributed by atoms with Gasteiger partial charge in [0.15, 0.2) is 23.1 Å². The highest BCUT2D eigenvalue weighted by molar-refractivity contribution is 6.27. The number of Topliss-reactive ketones (excluding diaryl/α,β-unsaturated/α-hetero) is 1. The Morgan fingerprint density at radius 3 is 2.48 bits per heavy atom. The predicted octanol–water partition coefficient (Wildman–Crippen LogP) is 2.78. The van der Waals surface area contributed by atoms with Gasteiger partial charge >= 0.3 is 0 Å². The fraction of sp³-hybridized carbons (Fsp3) is 0.250. The third-order valence-electron chi connectivity index (χ3n) is 3.57. The molecule has 0 atom stereocenters. The molecule has 0 aromatic carbocycles. The number of carbonyl (C=O) groups excluding carboxylic acids is 3. The molecule has 3 rings (SSSR count). The summed E-state index contributed by atoms with van der Waals surface area (Å²) in [5, 5.41) is 0. The van der Waals surface area contributed by atoms with Gasteiger partial charge in [-0.1, -0.05) is 13.8 Å². The van der Waals surface area contributed by atoms with Gasteiger partial charge in [-0.2, -0.15) is 0 Å². The fourth-order valence-electron chi connectivity index (χ4n) is 2.31. The molecule has 2 aromatic rings. The van der Waals surface area contributed by atoms with Gasteiger partial charge in [-0.05, 0) is 23.6 Å². The smallest absolute Gasteiger partial charge is 0.248 e. The van der Waals surface area contributed by atoms with Crippen LogP contribution in [0, 0.1) is 0 Å². The number of hydrogen-bond acceptors (Lipinski definition) is 5. The Balaban J connectivity index is 2.20. The molecule has 0 unspecified atom stereocenters. The zero-order valence-electron chi connectivity index (χ0n) is 11.9. The van der Waals surface area contributed by atoms with Gasteiger partial charge in [-0.3, -0.25) is 19.4 Å². The lowest BCUT2D eigenvalue weighted by molar-refractivity contribution is 0.0943. The maximum absolute atomic E-state index is 12.5. The van der Waals surface area contributed by atoms with E-state index in [9.17, 15) is 14.4 Å². The average Bonchev–Trinajstić information content (AvgIpc) is 2.90. The maximum Gasteiger partial charge on any atom is 0.248 e. The second-order valence-electron chi connectivity index (χ2n) is 5.39. The lowest BCUT2D eigenvalue weighted by Gasteiger charge is -2.14. The van der Waals surface area contributed by atoms with Crippen LogP contribution in [0.3, 0.4) is 0 Å². The van der Waals surface area contributed by atoms with E-state index in [4.69, 9.17) is 4.42 Å². The highest BCUT2D eigenvalue weighted by Crippen LogP contribution is 2.30. The number of hydrogen-bond donors (Lipinski definition) is 0. The van der Waals surface area contributed by atoms with Crippen LogP contribution in [0.25, 0.3) is 0 Å². The van der Waals surface area contributed by atoms with Crippen LogP contribution in [-0.4, -0.2) is 22.3 Å². The second-order valence-corrected chi connectivity index (χ2v) is 5.39. The lowest BCUT2D eigenvalue weighted by Crippen LogP contribution is -2.21. The Morgan fingerprint density at radius 2 is 1.86 bits per heavy atom. The van der Waals surface area contributed by atoms with E-state index in [-0.39, 0.29) is 45.8 Å². The number of ketones is 3. The molecule has 0 aliphatic heterocycles. The Labute approximate surface area is 121 Å². The number of rotatable bonds is 2. The molecule has 21 heavy (non-hydrogen) atoms. The number of furan rings is 1. The van der Waals surface area contributed by atoms with Gasteiger partial charge in [0.1, 0.15) is 5.69 Å². The Morgan fingerprint density at radius 1 is 1.14 bits per heavy atom. The third-order valence-corrected chi connectivity index (χ3v) is 3.57. The van der Waals surface area contributed by atoms with Crippen molar-refractivity contribution in [3.05, 3.63) is 52.2 Å². The number of aromatic nitrogens is 1.